The summed E-state index contributed by atoms with van der Waals surface area (Å²) in [6, 6.07) is 8.95. The first-order valence-corrected chi connectivity index (χ1v) is 8.75. The SMILES string of the molecule is O=C(O)C[C@H](NC(=O)c1cnn(C2CCCCC2)c1)c1ccccc1. The number of hydrogen-bond acceptors (Lipinski definition) is 3. The Kier molecular flexibility index (Phi) is 5.48. The molecule has 0 bridgehead atoms. The minimum atomic E-state index is -0.952. The van der Waals surface area contributed by atoms with E-state index in [4.69, 9.17) is 5.11 Å². The van der Waals surface area contributed by atoms with Crippen molar-refractivity contribution < 1.29 is 14.7 Å². The molecular weight excluding hydrogens is 318 g/mol. The number of aromatic nitrogens is 2. The highest BCUT2D eigenvalue weighted by atomic mass is 16.4. The van der Waals surface area contributed by atoms with Crippen molar-refractivity contribution in [1.29, 1.82) is 0 Å². The topological polar surface area (TPSA) is 84.2 Å². The smallest absolute Gasteiger partial charge is 0.305 e. The lowest BCUT2D eigenvalue weighted by atomic mass is 9.96. The van der Waals surface area contributed by atoms with E-state index in [1.54, 1.807) is 12.4 Å². The average molecular weight is 341 g/mol. The number of benzene rings is 1. The van der Waals surface area contributed by atoms with Crippen molar-refractivity contribution in [3.8, 4) is 0 Å². The molecule has 6 nitrogen and oxygen atoms in total. The van der Waals surface area contributed by atoms with E-state index in [0.29, 0.717) is 11.6 Å². The molecule has 6 heteroatoms. The molecule has 1 amide bonds. The first kappa shape index (κ1) is 17.2. The Balaban J connectivity index is 1.70. The van der Waals surface area contributed by atoms with Crippen molar-refractivity contribution in [2.45, 2.75) is 50.6 Å². The van der Waals surface area contributed by atoms with Crippen LogP contribution < -0.4 is 5.32 Å². The van der Waals surface area contributed by atoms with Gasteiger partial charge < -0.3 is 10.4 Å². The number of carbonyl (C=O) groups excluding carboxylic acids is 1. The van der Waals surface area contributed by atoms with Crippen LogP contribution in [0.2, 0.25) is 0 Å². The summed E-state index contributed by atoms with van der Waals surface area (Å²) in [6.45, 7) is 0. The van der Waals surface area contributed by atoms with Crippen LogP contribution in [-0.4, -0.2) is 26.8 Å². The van der Waals surface area contributed by atoms with Crippen LogP contribution in [0.4, 0.5) is 0 Å². The van der Waals surface area contributed by atoms with Gasteiger partial charge in [0.05, 0.1) is 30.3 Å². The fourth-order valence-corrected chi connectivity index (χ4v) is 3.35. The van der Waals surface area contributed by atoms with E-state index in [9.17, 15) is 9.59 Å². The largest absolute Gasteiger partial charge is 0.481 e. The molecular formula is C19H23N3O3. The Morgan fingerprint density at radius 1 is 1.20 bits per heavy atom. The van der Waals surface area contributed by atoms with Crippen LogP contribution in [0.5, 0.6) is 0 Å². The van der Waals surface area contributed by atoms with Crippen LogP contribution in [0.1, 0.15) is 66.5 Å². The second-order valence-electron chi connectivity index (χ2n) is 6.54. The molecule has 0 saturated heterocycles. The lowest BCUT2D eigenvalue weighted by Gasteiger charge is -2.21. The summed E-state index contributed by atoms with van der Waals surface area (Å²) >= 11 is 0. The third-order valence-corrected chi connectivity index (χ3v) is 4.70. The van der Waals surface area contributed by atoms with Gasteiger partial charge in [0.1, 0.15) is 0 Å². The van der Waals surface area contributed by atoms with Crippen molar-refractivity contribution >= 4 is 11.9 Å². The van der Waals surface area contributed by atoms with Crippen molar-refractivity contribution in [3.05, 3.63) is 53.9 Å². The monoisotopic (exact) mass is 341 g/mol. The molecule has 0 aliphatic heterocycles. The van der Waals surface area contributed by atoms with Gasteiger partial charge in [0.2, 0.25) is 0 Å². The van der Waals surface area contributed by atoms with E-state index in [0.717, 1.165) is 18.4 Å². The second-order valence-corrected chi connectivity index (χ2v) is 6.54. The molecule has 2 N–H and O–H groups in total. The van der Waals surface area contributed by atoms with E-state index in [2.05, 4.69) is 10.4 Å². The molecule has 1 aliphatic carbocycles. The number of amides is 1. The molecule has 3 rings (SSSR count). The Morgan fingerprint density at radius 3 is 2.60 bits per heavy atom. The number of hydrogen-bond donors (Lipinski definition) is 2. The Labute approximate surface area is 146 Å². The van der Waals surface area contributed by atoms with Gasteiger partial charge >= 0.3 is 5.97 Å². The zero-order valence-corrected chi connectivity index (χ0v) is 14.1. The van der Waals surface area contributed by atoms with Gasteiger partial charge in [0.15, 0.2) is 0 Å². The van der Waals surface area contributed by atoms with E-state index in [1.807, 2.05) is 35.0 Å². The van der Waals surface area contributed by atoms with Crippen molar-refractivity contribution in [2.75, 3.05) is 0 Å². The molecule has 1 aliphatic rings. The number of carboxylic acid groups (broad SMARTS) is 1. The third-order valence-electron chi connectivity index (χ3n) is 4.70. The summed E-state index contributed by atoms with van der Waals surface area (Å²) in [5, 5.41) is 16.3. The van der Waals surface area contributed by atoms with Crippen LogP contribution in [0.25, 0.3) is 0 Å². The first-order chi connectivity index (χ1) is 12.1. The predicted octanol–water partition coefficient (Wildman–Crippen LogP) is 3.33. The predicted molar refractivity (Wildman–Crippen MR) is 93.3 cm³/mol. The summed E-state index contributed by atoms with van der Waals surface area (Å²) < 4.78 is 1.88. The zero-order chi connectivity index (χ0) is 17.6. The van der Waals surface area contributed by atoms with E-state index < -0.39 is 12.0 Å². The summed E-state index contributed by atoms with van der Waals surface area (Å²) in [5.74, 6) is -1.25. The Morgan fingerprint density at radius 2 is 1.92 bits per heavy atom. The van der Waals surface area contributed by atoms with Crippen LogP contribution in [0.15, 0.2) is 42.7 Å². The average Bonchev–Trinajstić information content (AvgIpc) is 3.12. The molecule has 2 aromatic rings. The quantitative estimate of drug-likeness (QED) is 0.844. The third kappa shape index (κ3) is 4.47. The zero-order valence-electron chi connectivity index (χ0n) is 14.1. The van der Waals surface area contributed by atoms with Crippen LogP contribution in [0, 0.1) is 0 Å². The number of nitrogens with one attached hydrogen (secondary N) is 1. The fraction of sp³-hybridized carbons (Fsp3) is 0.421. The molecule has 1 heterocycles. The van der Waals surface area contributed by atoms with Crippen molar-refractivity contribution in [1.82, 2.24) is 15.1 Å². The van der Waals surface area contributed by atoms with Gasteiger partial charge in [-0.25, -0.2) is 0 Å². The highest BCUT2D eigenvalue weighted by Gasteiger charge is 2.21. The van der Waals surface area contributed by atoms with Crippen LogP contribution in [0.3, 0.4) is 0 Å². The Bertz CT molecular complexity index is 721. The summed E-state index contributed by atoms with van der Waals surface area (Å²) in [4.78, 5) is 23.7. The van der Waals surface area contributed by atoms with Gasteiger partial charge in [-0.2, -0.15) is 5.10 Å². The summed E-state index contributed by atoms with van der Waals surface area (Å²) in [5.41, 5.74) is 1.25. The number of carboxylic acids is 1. The molecule has 1 fully saturated rings. The maximum Gasteiger partial charge on any atom is 0.305 e. The molecule has 0 radical (unpaired) electrons. The second kappa shape index (κ2) is 7.96. The summed E-state index contributed by atoms with van der Waals surface area (Å²) in [7, 11) is 0. The van der Waals surface area contributed by atoms with Gasteiger partial charge in [-0.3, -0.25) is 14.3 Å². The standard InChI is InChI=1S/C19H23N3O3/c23-18(24)11-17(14-7-3-1-4-8-14)21-19(25)15-12-20-22(13-15)16-9-5-2-6-10-16/h1,3-4,7-8,12-13,16-17H,2,5-6,9-11H2,(H,21,25)(H,23,24)/t17-/m0/s1. The fourth-order valence-electron chi connectivity index (χ4n) is 3.35. The number of carbonyl (C=O) groups is 2. The van der Waals surface area contributed by atoms with Gasteiger partial charge in [0.25, 0.3) is 5.91 Å². The number of nitrogens with zero attached hydrogens (tertiary/aromatic N) is 2. The van der Waals surface area contributed by atoms with Crippen molar-refractivity contribution in [2.24, 2.45) is 0 Å². The normalized spacial score (nSPS) is 16.3. The molecule has 1 aromatic heterocycles. The molecule has 1 aromatic carbocycles. The minimum absolute atomic E-state index is 0.160. The lowest BCUT2D eigenvalue weighted by Crippen LogP contribution is -2.30. The molecule has 25 heavy (non-hydrogen) atoms. The first-order valence-electron chi connectivity index (χ1n) is 8.75. The number of rotatable bonds is 6. The van der Waals surface area contributed by atoms with E-state index in [1.165, 1.54) is 19.3 Å². The van der Waals surface area contributed by atoms with Gasteiger partial charge in [-0.15, -0.1) is 0 Å². The lowest BCUT2D eigenvalue weighted by molar-refractivity contribution is -0.137. The maximum absolute atomic E-state index is 12.5. The maximum atomic E-state index is 12.5. The molecule has 1 atom stereocenters. The van der Waals surface area contributed by atoms with E-state index in [-0.39, 0.29) is 12.3 Å². The van der Waals surface area contributed by atoms with Crippen molar-refractivity contribution in [3.63, 3.8) is 0 Å². The van der Waals surface area contributed by atoms with E-state index >= 15 is 0 Å². The molecule has 0 spiro atoms. The molecule has 0 unspecified atom stereocenters. The highest BCUT2D eigenvalue weighted by molar-refractivity contribution is 5.94. The van der Waals surface area contributed by atoms with Gasteiger partial charge in [0, 0.05) is 6.20 Å². The summed E-state index contributed by atoms with van der Waals surface area (Å²) in [6.07, 6.45) is 9.01. The van der Waals surface area contributed by atoms with Crippen LogP contribution in [-0.2, 0) is 4.79 Å². The van der Waals surface area contributed by atoms with Gasteiger partial charge in [-0.05, 0) is 18.4 Å². The molecule has 1 saturated carbocycles. The number of aliphatic carboxylic acids is 1. The minimum Gasteiger partial charge on any atom is -0.481 e. The highest BCUT2D eigenvalue weighted by Crippen LogP contribution is 2.27. The van der Waals surface area contributed by atoms with Gasteiger partial charge in [-0.1, -0.05) is 49.6 Å². The Hall–Kier alpha value is -2.63. The molecule has 132 valence electrons. The van der Waals surface area contributed by atoms with Crippen LogP contribution >= 0.6 is 0 Å².